The van der Waals surface area contributed by atoms with Gasteiger partial charge in [-0.2, -0.15) is 0 Å². The van der Waals surface area contributed by atoms with Gasteiger partial charge in [0.2, 0.25) is 21.8 Å². The molecule has 0 aromatic heterocycles. The number of carboxylic acid groups (broad SMARTS) is 1. The van der Waals surface area contributed by atoms with E-state index >= 15 is 0 Å². The first-order chi connectivity index (χ1) is 15.4. The molecule has 2 amide bonds. The van der Waals surface area contributed by atoms with Crippen LogP contribution in [-0.4, -0.2) is 97.3 Å². The molecule has 6 atom stereocenters. The van der Waals surface area contributed by atoms with Crippen LogP contribution in [0.5, 0.6) is 0 Å². The summed E-state index contributed by atoms with van der Waals surface area (Å²) in [4.78, 5) is 44.1. The van der Waals surface area contributed by atoms with Gasteiger partial charge in [-0.15, -0.1) is 11.8 Å². The van der Waals surface area contributed by atoms with Crippen molar-refractivity contribution in [3.8, 4) is 0 Å². The first-order valence-corrected chi connectivity index (χ1v) is 13.0. The van der Waals surface area contributed by atoms with Gasteiger partial charge < -0.3 is 26.0 Å². The Balaban J connectivity index is 1.75. The van der Waals surface area contributed by atoms with E-state index in [-0.39, 0.29) is 28.8 Å². The number of carbonyl (C=O) groups excluding carboxylic acids is 2. The monoisotopic (exact) mass is 502 g/mol. The van der Waals surface area contributed by atoms with Crippen LogP contribution in [0.4, 0.5) is 0 Å². The average molecular weight is 503 g/mol. The number of nitrogens with zero attached hydrogens (tertiary/aromatic N) is 3. The Bertz CT molecular complexity index is 997. The Morgan fingerprint density at radius 2 is 2.12 bits per heavy atom. The van der Waals surface area contributed by atoms with E-state index in [0.29, 0.717) is 17.9 Å². The van der Waals surface area contributed by atoms with E-state index in [4.69, 9.17) is 5.73 Å². The highest BCUT2D eigenvalue weighted by molar-refractivity contribution is 8.03. The van der Waals surface area contributed by atoms with Gasteiger partial charge in [-0.25, -0.2) is 17.9 Å². The minimum Gasteiger partial charge on any atom is -0.477 e. The van der Waals surface area contributed by atoms with Crippen molar-refractivity contribution < 1.29 is 27.9 Å². The van der Waals surface area contributed by atoms with E-state index in [2.05, 4.69) is 15.0 Å². The van der Waals surface area contributed by atoms with Gasteiger partial charge in [-0.05, 0) is 13.3 Å². The summed E-state index contributed by atoms with van der Waals surface area (Å²) in [5, 5.41) is 13.0. The van der Waals surface area contributed by atoms with Gasteiger partial charge >= 0.3 is 5.97 Å². The number of hydrogen-bond acceptors (Lipinski definition) is 8. The molecule has 33 heavy (non-hydrogen) atoms. The molecular weight excluding hydrogens is 472 g/mol. The topological polar surface area (TPSA) is 174 Å². The van der Waals surface area contributed by atoms with Crippen LogP contribution in [0.25, 0.3) is 0 Å². The van der Waals surface area contributed by atoms with E-state index in [1.165, 1.54) is 21.6 Å². The maximum absolute atomic E-state index is 12.9. The number of sulfonamides is 1. The highest BCUT2D eigenvalue weighted by Crippen LogP contribution is 2.51. The van der Waals surface area contributed by atoms with E-state index in [0.717, 1.165) is 6.34 Å². The Kier molecular flexibility index (Phi) is 7.41. The molecule has 184 valence electrons. The van der Waals surface area contributed by atoms with Crippen LogP contribution in [-0.2, 0) is 24.4 Å². The molecule has 0 radical (unpaired) electrons. The lowest BCUT2D eigenvalue weighted by Gasteiger charge is -2.47. The van der Waals surface area contributed by atoms with Crippen LogP contribution >= 0.6 is 11.8 Å². The number of likely N-dealkylation sites (N-methyl/N-ethyl adjacent to an activating group) is 1. The third kappa shape index (κ3) is 4.88. The lowest BCUT2D eigenvalue weighted by molar-refractivity contribution is -0.157. The van der Waals surface area contributed by atoms with E-state index in [1.807, 2.05) is 6.92 Å². The van der Waals surface area contributed by atoms with Crippen LogP contribution in [0.2, 0.25) is 0 Å². The molecule has 2 fully saturated rings. The Hall–Kier alpha value is -2.16. The maximum atomic E-state index is 12.9. The molecule has 12 nitrogen and oxygen atoms in total. The number of aliphatic carboxylic acids is 1. The van der Waals surface area contributed by atoms with Crippen molar-refractivity contribution in [3.05, 3.63) is 10.6 Å². The van der Waals surface area contributed by atoms with Crippen LogP contribution < -0.4 is 15.8 Å². The number of β-lactam (4-membered cyclic amide) rings is 1. The van der Waals surface area contributed by atoms with Crippen molar-refractivity contribution in [2.45, 2.75) is 43.6 Å². The number of carbonyl (C=O) groups is 3. The van der Waals surface area contributed by atoms with Gasteiger partial charge in [0.1, 0.15) is 5.70 Å². The van der Waals surface area contributed by atoms with Crippen LogP contribution in [0.1, 0.15) is 20.3 Å². The van der Waals surface area contributed by atoms with Crippen molar-refractivity contribution in [1.29, 1.82) is 0 Å². The summed E-state index contributed by atoms with van der Waals surface area (Å²) < 4.78 is 26.8. The number of rotatable bonds is 9. The molecule has 0 bridgehead atoms. The number of fused-ring (bicyclic) bond motifs is 1. The molecule has 3 aliphatic heterocycles. The zero-order valence-corrected chi connectivity index (χ0v) is 20.5. The van der Waals surface area contributed by atoms with Crippen LogP contribution in [0, 0.1) is 11.8 Å². The molecule has 0 aromatic carbocycles. The molecule has 14 heteroatoms. The molecule has 3 heterocycles. The second-order valence-electron chi connectivity index (χ2n) is 8.68. The van der Waals surface area contributed by atoms with Crippen LogP contribution in [0.15, 0.2) is 15.6 Å². The maximum Gasteiger partial charge on any atom is 0.353 e. The third-order valence-corrected chi connectivity index (χ3v) is 8.90. The SMILES string of the molecule is C[C@H]1C(S[C@@H]2CN[C@H](C(=O)N(C)C)C2)=C(C(=O)O)N2C(=O)[C@H]([C@@H](C)NS(=O)(=O)CN=CN)C12. The van der Waals surface area contributed by atoms with Crippen molar-refractivity contribution in [3.63, 3.8) is 0 Å². The van der Waals surface area contributed by atoms with Crippen LogP contribution in [0.3, 0.4) is 0 Å². The first kappa shape index (κ1) is 25.5. The highest BCUT2D eigenvalue weighted by Gasteiger charge is 2.60. The van der Waals surface area contributed by atoms with Gasteiger partial charge in [0.25, 0.3) is 0 Å². The fourth-order valence-electron chi connectivity index (χ4n) is 4.70. The van der Waals surface area contributed by atoms with Gasteiger partial charge in [0.15, 0.2) is 5.88 Å². The summed E-state index contributed by atoms with van der Waals surface area (Å²) in [5.74, 6) is -3.21. The number of aliphatic imine (C=N–C) groups is 1. The number of nitrogens with one attached hydrogen (secondary N) is 2. The van der Waals surface area contributed by atoms with Gasteiger partial charge in [-0.3, -0.25) is 14.6 Å². The Morgan fingerprint density at radius 1 is 1.45 bits per heavy atom. The second-order valence-corrected chi connectivity index (χ2v) is 11.7. The number of hydrogen-bond donors (Lipinski definition) is 4. The summed E-state index contributed by atoms with van der Waals surface area (Å²) in [5.41, 5.74) is 5.05. The molecule has 0 aromatic rings. The van der Waals surface area contributed by atoms with Crippen molar-refractivity contribution in [1.82, 2.24) is 19.8 Å². The van der Waals surface area contributed by atoms with E-state index in [9.17, 15) is 27.9 Å². The zero-order valence-electron chi connectivity index (χ0n) is 18.9. The van der Waals surface area contributed by atoms with Crippen molar-refractivity contribution in [2.75, 3.05) is 26.5 Å². The summed E-state index contributed by atoms with van der Waals surface area (Å²) in [6.45, 7) is 3.97. The highest BCUT2D eigenvalue weighted by atomic mass is 32.2. The first-order valence-electron chi connectivity index (χ1n) is 10.5. The van der Waals surface area contributed by atoms with Gasteiger partial charge in [-0.1, -0.05) is 6.92 Å². The predicted molar refractivity (Wildman–Crippen MR) is 123 cm³/mol. The normalized spacial score (nSPS) is 30.5. The summed E-state index contributed by atoms with van der Waals surface area (Å²) in [6.07, 6.45) is 1.44. The second kappa shape index (κ2) is 9.60. The molecular formula is C19H30N6O6S2. The fraction of sp³-hybridized carbons (Fsp3) is 0.684. The van der Waals surface area contributed by atoms with Gasteiger partial charge in [0, 0.05) is 42.8 Å². The van der Waals surface area contributed by atoms with E-state index in [1.54, 1.807) is 21.0 Å². The average Bonchev–Trinajstić information content (AvgIpc) is 3.27. The largest absolute Gasteiger partial charge is 0.477 e. The fourth-order valence-corrected chi connectivity index (χ4v) is 7.25. The molecule has 0 aliphatic carbocycles. The Morgan fingerprint density at radius 3 is 2.70 bits per heavy atom. The predicted octanol–water partition coefficient (Wildman–Crippen LogP) is -1.44. The minimum absolute atomic E-state index is 0.0250. The quantitative estimate of drug-likeness (QED) is 0.167. The Labute approximate surface area is 197 Å². The summed E-state index contributed by atoms with van der Waals surface area (Å²) in [7, 11) is -0.428. The smallest absolute Gasteiger partial charge is 0.353 e. The van der Waals surface area contributed by atoms with Gasteiger partial charge in [0.05, 0.1) is 24.3 Å². The molecule has 3 rings (SSSR count). The number of nitrogens with two attached hydrogens (primary N) is 1. The molecule has 0 spiro atoms. The number of thioether (sulfide) groups is 1. The molecule has 5 N–H and O–H groups in total. The standard InChI is InChI=1S/C19H30N6O6S2/c1-9-14-13(10(2)23-33(30,31)8-21-7-20)18(27)25(14)15(19(28)29)16(9)32-11-5-12(22-6-11)17(26)24(3)4/h7,9-14,22-23H,5-6,8H2,1-4H3,(H2,20,21)(H,28,29)/t9-,10-,11+,12+,13-,14?/m1/s1. The van der Waals surface area contributed by atoms with Crippen molar-refractivity contribution >= 4 is 45.9 Å². The van der Waals surface area contributed by atoms with Crippen molar-refractivity contribution in [2.24, 2.45) is 22.6 Å². The number of amides is 2. The minimum atomic E-state index is -3.80. The number of carboxylic acids is 1. The lowest BCUT2D eigenvalue weighted by Crippen LogP contribution is -2.66. The third-order valence-electron chi connectivity index (χ3n) is 6.17. The molecule has 1 unspecified atom stereocenters. The molecule has 0 saturated carbocycles. The summed E-state index contributed by atoms with van der Waals surface area (Å²) in [6, 6.07) is -1.54. The molecule has 2 saturated heterocycles. The molecule has 3 aliphatic rings. The van der Waals surface area contributed by atoms with E-state index < -0.39 is 45.8 Å². The summed E-state index contributed by atoms with van der Waals surface area (Å²) >= 11 is 1.38. The zero-order chi connectivity index (χ0) is 24.7. The lowest BCUT2D eigenvalue weighted by atomic mass is 9.78.